The quantitative estimate of drug-likeness (QED) is 0.753. The molecule has 1 unspecified atom stereocenters. The summed E-state index contributed by atoms with van der Waals surface area (Å²) in [4.78, 5) is 10.6. The number of nitrogens with zero attached hydrogens (tertiary/aromatic N) is 1. The van der Waals surface area contributed by atoms with Crippen molar-refractivity contribution in [2.75, 3.05) is 11.9 Å². The number of rotatable bonds is 4. The average Bonchev–Trinajstić information content (AvgIpc) is 2.26. The van der Waals surface area contributed by atoms with E-state index in [9.17, 15) is 9.90 Å². The summed E-state index contributed by atoms with van der Waals surface area (Å²) in [6.45, 7) is 0.0276. The normalized spacial score (nSPS) is 11.6. The molecule has 1 amide bonds. The van der Waals surface area contributed by atoms with Crippen LogP contribution < -0.4 is 11.1 Å². The molecule has 0 aromatic heterocycles. The number of benzene rings is 1. The molecule has 1 atom stereocenters. The Kier molecular flexibility index (Phi) is 4.28. The fourth-order valence-corrected chi connectivity index (χ4v) is 1.55. The van der Waals surface area contributed by atoms with E-state index >= 15 is 0 Å². The van der Waals surface area contributed by atoms with E-state index in [-0.39, 0.29) is 6.54 Å². The molecule has 0 aliphatic carbocycles. The summed E-state index contributed by atoms with van der Waals surface area (Å²) >= 11 is 3.26. The molecular weight excluding hydrogens is 274 g/mol. The number of hydrogen-bond acceptors (Lipinski definition) is 4. The molecule has 0 saturated carbocycles. The first-order chi connectivity index (χ1) is 7.54. The number of aliphatic hydroxyl groups excluding tert-OH is 1. The first-order valence-electron chi connectivity index (χ1n) is 4.45. The van der Waals surface area contributed by atoms with E-state index in [1.807, 2.05) is 6.07 Å². The van der Waals surface area contributed by atoms with Gasteiger partial charge in [0.15, 0.2) is 0 Å². The fraction of sp³-hybridized carbons (Fsp3) is 0.200. The molecule has 6 heteroatoms. The third-order valence-electron chi connectivity index (χ3n) is 1.91. The molecule has 1 aromatic carbocycles. The maximum Gasteiger partial charge on any atom is 0.248 e. The van der Waals surface area contributed by atoms with Crippen LogP contribution in [0.3, 0.4) is 0 Å². The van der Waals surface area contributed by atoms with Crippen LogP contribution in [0.1, 0.15) is 5.56 Å². The van der Waals surface area contributed by atoms with Crippen molar-refractivity contribution in [3.05, 3.63) is 28.2 Å². The summed E-state index contributed by atoms with van der Waals surface area (Å²) in [5.74, 6) is -0.780. The zero-order valence-corrected chi connectivity index (χ0v) is 9.86. The highest BCUT2D eigenvalue weighted by Crippen LogP contribution is 2.23. The van der Waals surface area contributed by atoms with Crippen molar-refractivity contribution >= 4 is 27.5 Å². The maximum atomic E-state index is 10.6. The van der Waals surface area contributed by atoms with Crippen molar-refractivity contribution < 1.29 is 9.90 Å². The molecular formula is C10H10BrN3O2. The largest absolute Gasteiger partial charge is 0.381 e. The zero-order valence-electron chi connectivity index (χ0n) is 8.27. The molecule has 5 nitrogen and oxygen atoms in total. The summed E-state index contributed by atoms with van der Waals surface area (Å²) in [6, 6.07) is 6.94. The van der Waals surface area contributed by atoms with Crippen LogP contribution in [0.25, 0.3) is 0 Å². The van der Waals surface area contributed by atoms with E-state index in [4.69, 9.17) is 11.0 Å². The van der Waals surface area contributed by atoms with Gasteiger partial charge in [-0.1, -0.05) is 0 Å². The van der Waals surface area contributed by atoms with Gasteiger partial charge < -0.3 is 16.2 Å². The summed E-state index contributed by atoms with van der Waals surface area (Å²) in [5, 5.41) is 20.7. The van der Waals surface area contributed by atoms with Gasteiger partial charge in [-0.2, -0.15) is 5.26 Å². The summed E-state index contributed by atoms with van der Waals surface area (Å²) in [7, 11) is 0. The second-order valence-electron chi connectivity index (χ2n) is 3.11. The molecule has 0 bridgehead atoms. The lowest BCUT2D eigenvalue weighted by Crippen LogP contribution is -2.34. The van der Waals surface area contributed by atoms with Gasteiger partial charge in [0, 0.05) is 16.7 Å². The molecule has 0 radical (unpaired) electrons. The minimum atomic E-state index is -1.23. The first-order valence-corrected chi connectivity index (χ1v) is 5.25. The number of nitrogens with two attached hydrogens (primary N) is 1. The molecule has 0 heterocycles. The maximum absolute atomic E-state index is 10.6. The smallest absolute Gasteiger partial charge is 0.248 e. The van der Waals surface area contributed by atoms with Gasteiger partial charge in [0.1, 0.15) is 6.10 Å². The molecule has 4 N–H and O–H groups in total. The van der Waals surface area contributed by atoms with Gasteiger partial charge in [-0.25, -0.2) is 0 Å². The highest BCUT2D eigenvalue weighted by atomic mass is 79.9. The number of amides is 1. The van der Waals surface area contributed by atoms with E-state index < -0.39 is 12.0 Å². The van der Waals surface area contributed by atoms with Gasteiger partial charge in [-0.15, -0.1) is 0 Å². The third kappa shape index (κ3) is 3.22. The molecule has 0 spiro atoms. The zero-order chi connectivity index (χ0) is 12.1. The molecule has 0 saturated heterocycles. The van der Waals surface area contributed by atoms with E-state index in [1.54, 1.807) is 18.2 Å². The Labute approximate surface area is 101 Å². The van der Waals surface area contributed by atoms with Crippen LogP contribution in [0.4, 0.5) is 5.69 Å². The second kappa shape index (κ2) is 5.49. The van der Waals surface area contributed by atoms with Gasteiger partial charge >= 0.3 is 0 Å². The third-order valence-corrected chi connectivity index (χ3v) is 2.57. The standard InChI is InChI=1S/C10H10BrN3O2/c11-7-3-6(4-12)1-2-8(7)14-5-9(15)10(13)16/h1-3,9,14-15H,5H2,(H2,13,16). The monoisotopic (exact) mass is 283 g/mol. The van der Waals surface area contributed by atoms with Crippen molar-refractivity contribution in [2.45, 2.75) is 6.10 Å². The SMILES string of the molecule is N#Cc1ccc(NCC(O)C(N)=O)c(Br)c1. The Morgan fingerprint density at radius 1 is 1.69 bits per heavy atom. The van der Waals surface area contributed by atoms with Crippen LogP contribution in [-0.4, -0.2) is 23.7 Å². The van der Waals surface area contributed by atoms with Crippen molar-refractivity contribution in [1.82, 2.24) is 0 Å². The molecule has 84 valence electrons. The number of anilines is 1. The minimum absolute atomic E-state index is 0.0276. The van der Waals surface area contributed by atoms with Crippen LogP contribution in [-0.2, 0) is 4.79 Å². The van der Waals surface area contributed by atoms with E-state index in [1.165, 1.54) is 0 Å². The first kappa shape index (κ1) is 12.5. The highest BCUT2D eigenvalue weighted by molar-refractivity contribution is 9.10. The van der Waals surface area contributed by atoms with Crippen molar-refractivity contribution in [2.24, 2.45) is 5.73 Å². The van der Waals surface area contributed by atoms with E-state index in [0.717, 1.165) is 0 Å². The summed E-state index contributed by atoms with van der Waals surface area (Å²) < 4.78 is 0.684. The Hall–Kier alpha value is -1.58. The van der Waals surface area contributed by atoms with Gasteiger partial charge in [0.2, 0.25) is 5.91 Å². The van der Waals surface area contributed by atoms with Crippen LogP contribution in [0, 0.1) is 11.3 Å². The number of halogens is 1. The molecule has 0 fully saturated rings. The number of nitriles is 1. The van der Waals surface area contributed by atoms with Crippen LogP contribution in [0.15, 0.2) is 22.7 Å². The van der Waals surface area contributed by atoms with Crippen molar-refractivity contribution in [3.8, 4) is 6.07 Å². The minimum Gasteiger partial charge on any atom is -0.381 e. The van der Waals surface area contributed by atoms with Gasteiger partial charge in [-0.3, -0.25) is 4.79 Å². The Bertz CT molecular complexity index is 442. The van der Waals surface area contributed by atoms with Crippen molar-refractivity contribution in [1.29, 1.82) is 5.26 Å². The van der Waals surface area contributed by atoms with E-state index in [0.29, 0.717) is 15.7 Å². The molecule has 1 aromatic rings. The lowest BCUT2D eigenvalue weighted by molar-refractivity contribution is -0.125. The summed E-state index contributed by atoms with van der Waals surface area (Å²) in [5.41, 5.74) is 6.10. The number of nitrogens with one attached hydrogen (secondary N) is 1. The second-order valence-corrected chi connectivity index (χ2v) is 3.96. The number of aliphatic hydroxyl groups is 1. The predicted octanol–water partition coefficient (Wildman–Crippen LogP) is 0.579. The average molecular weight is 284 g/mol. The lowest BCUT2D eigenvalue weighted by Gasteiger charge is -2.11. The Morgan fingerprint density at radius 2 is 2.38 bits per heavy atom. The topological polar surface area (TPSA) is 99.1 Å². The lowest BCUT2D eigenvalue weighted by atomic mass is 10.2. The molecule has 0 aliphatic heterocycles. The van der Waals surface area contributed by atoms with E-state index in [2.05, 4.69) is 21.2 Å². The fourth-order valence-electron chi connectivity index (χ4n) is 1.04. The number of carbonyl (C=O) groups excluding carboxylic acids is 1. The number of primary amides is 1. The number of hydrogen-bond donors (Lipinski definition) is 3. The Balaban J connectivity index is 2.69. The van der Waals surface area contributed by atoms with Crippen LogP contribution in [0.5, 0.6) is 0 Å². The molecule has 1 rings (SSSR count). The van der Waals surface area contributed by atoms with Crippen molar-refractivity contribution in [3.63, 3.8) is 0 Å². The van der Waals surface area contributed by atoms with Gasteiger partial charge in [0.25, 0.3) is 0 Å². The Morgan fingerprint density at radius 3 is 2.88 bits per heavy atom. The number of carbonyl (C=O) groups is 1. The van der Waals surface area contributed by atoms with Gasteiger partial charge in [-0.05, 0) is 34.1 Å². The van der Waals surface area contributed by atoms with Crippen LogP contribution >= 0.6 is 15.9 Å². The summed E-state index contributed by atoms with van der Waals surface area (Å²) in [6.07, 6.45) is -1.23. The highest BCUT2D eigenvalue weighted by Gasteiger charge is 2.10. The predicted molar refractivity (Wildman–Crippen MR) is 62.5 cm³/mol. The molecule has 0 aliphatic rings. The van der Waals surface area contributed by atoms with Crippen LogP contribution in [0.2, 0.25) is 0 Å². The molecule has 16 heavy (non-hydrogen) atoms. The van der Waals surface area contributed by atoms with Gasteiger partial charge in [0.05, 0.1) is 11.6 Å².